The molecular weight excluding hydrogens is 384 g/mol. The van der Waals surface area contributed by atoms with Crippen LogP contribution in [0.4, 0.5) is 0 Å². The van der Waals surface area contributed by atoms with Gasteiger partial charge in [0.05, 0.1) is 5.52 Å². The van der Waals surface area contributed by atoms with E-state index in [4.69, 9.17) is 0 Å². The number of rotatable bonds is 6. The Labute approximate surface area is 182 Å². The Balaban J connectivity index is 1.11. The Morgan fingerprint density at radius 2 is 1.77 bits per heavy atom. The highest BCUT2D eigenvalue weighted by Gasteiger charge is 2.21. The summed E-state index contributed by atoms with van der Waals surface area (Å²) in [5.41, 5.74) is 4.82. The topological polar surface area (TPSA) is 52.2 Å². The highest BCUT2D eigenvalue weighted by molar-refractivity contribution is 5.83. The molecule has 1 saturated heterocycles. The van der Waals surface area contributed by atoms with Gasteiger partial charge in [-0.15, -0.1) is 0 Å². The van der Waals surface area contributed by atoms with Crippen molar-refractivity contribution in [2.45, 2.75) is 25.8 Å². The first kappa shape index (κ1) is 19.8. The van der Waals surface area contributed by atoms with Gasteiger partial charge in [-0.3, -0.25) is 14.7 Å². The Morgan fingerprint density at radius 3 is 2.68 bits per heavy atom. The van der Waals surface area contributed by atoms with Crippen LogP contribution in [0.3, 0.4) is 0 Å². The number of benzene rings is 2. The third kappa shape index (κ3) is 4.32. The maximum atomic E-state index is 12.7. The summed E-state index contributed by atoms with van der Waals surface area (Å²) in [5.74, 6) is 0.284. The number of pyridine rings is 1. The van der Waals surface area contributed by atoms with Crippen LogP contribution >= 0.6 is 0 Å². The first-order valence-corrected chi connectivity index (χ1v) is 11.2. The van der Waals surface area contributed by atoms with Crippen molar-refractivity contribution in [2.24, 2.45) is 0 Å². The highest BCUT2D eigenvalue weighted by Crippen LogP contribution is 2.21. The molecule has 0 aliphatic carbocycles. The summed E-state index contributed by atoms with van der Waals surface area (Å²) < 4.78 is 0. The largest absolute Gasteiger partial charge is 0.361 e. The number of piperazine rings is 1. The minimum absolute atomic E-state index is 0.284. The number of carbonyl (C=O) groups is 1. The Hall–Kier alpha value is -3.18. The van der Waals surface area contributed by atoms with Crippen LogP contribution in [0.15, 0.2) is 67.0 Å². The van der Waals surface area contributed by atoms with Gasteiger partial charge < -0.3 is 9.88 Å². The number of aromatic nitrogens is 2. The molecule has 5 nitrogen and oxygen atoms in total. The van der Waals surface area contributed by atoms with Gasteiger partial charge in [0.15, 0.2) is 0 Å². The summed E-state index contributed by atoms with van der Waals surface area (Å²) in [7, 11) is 0. The zero-order chi connectivity index (χ0) is 21.0. The lowest BCUT2D eigenvalue weighted by molar-refractivity contribution is -0.133. The van der Waals surface area contributed by atoms with Crippen molar-refractivity contribution in [1.29, 1.82) is 0 Å². The number of amides is 1. The quantitative estimate of drug-likeness (QED) is 0.511. The third-order valence-electron chi connectivity index (χ3n) is 6.35. The Kier molecular flexibility index (Phi) is 5.67. The van der Waals surface area contributed by atoms with Crippen LogP contribution < -0.4 is 0 Å². The number of carbonyl (C=O) groups excluding carboxylic acids is 1. The average molecular weight is 413 g/mol. The van der Waals surface area contributed by atoms with E-state index in [1.807, 2.05) is 23.2 Å². The van der Waals surface area contributed by atoms with E-state index in [1.165, 1.54) is 27.4 Å². The van der Waals surface area contributed by atoms with Crippen molar-refractivity contribution in [3.05, 3.63) is 78.1 Å². The Morgan fingerprint density at radius 1 is 0.935 bits per heavy atom. The van der Waals surface area contributed by atoms with E-state index < -0.39 is 0 Å². The van der Waals surface area contributed by atoms with E-state index in [0.717, 1.165) is 51.1 Å². The fraction of sp³-hybridized carbons (Fsp3) is 0.308. The molecule has 1 fully saturated rings. The molecule has 1 aliphatic rings. The van der Waals surface area contributed by atoms with Crippen molar-refractivity contribution in [2.75, 3.05) is 26.2 Å². The second kappa shape index (κ2) is 8.90. The zero-order valence-corrected chi connectivity index (χ0v) is 17.8. The van der Waals surface area contributed by atoms with Crippen LogP contribution in [0.1, 0.15) is 24.0 Å². The van der Waals surface area contributed by atoms with E-state index >= 15 is 0 Å². The minimum atomic E-state index is 0.284. The predicted octanol–water partition coefficient (Wildman–Crippen LogP) is 4.38. The normalized spacial score (nSPS) is 15.0. The second-order valence-electron chi connectivity index (χ2n) is 8.36. The van der Waals surface area contributed by atoms with Gasteiger partial charge >= 0.3 is 0 Å². The summed E-state index contributed by atoms with van der Waals surface area (Å²) in [6.45, 7) is 4.33. The van der Waals surface area contributed by atoms with Crippen molar-refractivity contribution in [1.82, 2.24) is 19.8 Å². The van der Waals surface area contributed by atoms with E-state index in [-0.39, 0.29) is 5.91 Å². The van der Waals surface area contributed by atoms with Gasteiger partial charge in [0.1, 0.15) is 0 Å². The summed E-state index contributed by atoms with van der Waals surface area (Å²) in [6.07, 6.45) is 6.38. The van der Waals surface area contributed by atoms with Crippen LogP contribution in [-0.2, 0) is 17.8 Å². The number of hydrogen-bond donors (Lipinski definition) is 1. The second-order valence-corrected chi connectivity index (χ2v) is 8.36. The smallest absolute Gasteiger partial charge is 0.222 e. The first-order valence-electron chi connectivity index (χ1n) is 11.2. The van der Waals surface area contributed by atoms with Crippen LogP contribution in [0, 0.1) is 0 Å². The number of nitrogens with zero attached hydrogens (tertiary/aromatic N) is 3. The molecule has 1 aliphatic heterocycles. The molecule has 0 spiro atoms. The molecule has 0 unspecified atom stereocenters. The number of aromatic amines is 1. The molecule has 31 heavy (non-hydrogen) atoms. The molecule has 0 atom stereocenters. The van der Waals surface area contributed by atoms with Gasteiger partial charge in [0, 0.05) is 67.8 Å². The van der Waals surface area contributed by atoms with Gasteiger partial charge in [0.25, 0.3) is 0 Å². The monoisotopic (exact) mass is 412 g/mol. The third-order valence-corrected chi connectivity index (χ3v) is 6.35. The number of hydrogen-bond acceptors (Lipinski definition) is 3. The molecule has 2 aromatic heterocycles. The summed E-state index contributed by atoms with van der Waals surface area (Å²) >= 11 is 0. The molecule has 5 heteroatoms. The van der Waals surface area contributed by atoms with Gasteiger partial charge in [-0.05, 0) is 36.1 Å². The molecule has 5 rings (SSSR count). The summed E-state index contributed by atoms with van der Waals surface area (Å²) in [5, 5.41) is 2.45. The lowest BCUT2D eigenvalue weighted by atomic mass is 10.1. The van der Waals surface area contributed by atoms with Crippen LogP contribution in [-0.4, -0.2) is 51.9 Å². The number of nitrogens with one attached hydrogen (secondary N) is 1. The van der Waals surface area contributed by atoms with Crippen molar-refractivity contribution in [3.8, 4) is 0 Å². The molecular formula is C26H28N4O. The van der Waals surface area contributed by atoms with Crippen molar-refractivity contribution in [3.63, 3.8) is 0 Å². The van der Waals surface area contributed by atoms with Gasteiger partial charge in [-0.25, -0.2) is 0 Å². The molecule has 4 aromatic rings. The van der Waals surface area contributed by atoms with Crippen LogP contribution in [0.2, 0.25) is 0 Å². The molecule has 2 aromatic carbocycles. The number of para-hydroxylation sites is 2. The van der Waals surface area contributed by atoms with Crippen molar-refractivity contribution >= 4 is 27.7 Å². The molecule has 3 heterocycles. The molecule has 1 N–H and O–H groups in total. The fourth-order valence-corrected chi connectivity index (χ4v) is 4.62. The standard InChI is InChI=1S/C26H28N4O/c31-25(12-4-7-21-18-28-24-11-2-1-10-23(21)24)30-16-14-29(15-17-30)19-22-8-3-6-20-9-5-13-27-26(20)22/h1-3,5-6,8-11,13,18,28H,4,7,12,14-17,19H2. The lowest BCUT2D eigenvalue weighted by Gasteiger charge is -2.35. The van der Waals surface area contributed by atoms with Crippen molar-refractivity contribution < 1.29 is 4.79 Å². The fourth-order valence-electron chi connectivity index (χ4n) is 4.62. The summed E-state index contributed by atoms with van der Waals surface area (Å²) in [6, 6.07) is 18.8. The molecule has 0 saturated carbocycles. The van der Waals surface area contributed by atoms with Gasteiger partial charge in [-0.1, -0.05) is 42.5 Å². The maximum absolute atomic E-state index is 12.7. The number of H-pyrrole nitrogens is 1. The van der Waals surface area contributed by atoms with E-state index in [1.54, 1.807) is 0 Å². The average Bonchev–Trinajstić information content (AvgIpc) is 3.23. The summed E-state index contributed by atoms with van der Waals surface area (Å²) in [4.78, 5) is 25.1. The lowest BCUT2D eigenvalue weighted by Crippen LogP contribution is -2.48. The molecule has 158 valence electrons. The van der Waals surface area contributed by atoms with E-state index in [9.17, 15) is 4.79 Å². The zero-order valence-electron chi connectivity index (χ0n) is 17.8. The molecule has 0 radical (unpaired) electrons. The first-order chi connectivity index (χ1) is 15.3. The SMILES string of the molecule is O=C(CCCc1c[nH]c2ccccc12)N1CCN(Cc2cccc3cccnc23)CC1. The van der Waals surface area contributed by atoms with E-state index in [0.29, 0.717) is 6.42 Å². The van der Waals surface area contributed by atoms with E-state index in [2.05, 4.69) is 63.5 Å². The number of fused-ring (bicyclic) bond motifs is 2. The highest BCUT2D eigenvalue weighted by atomic mass is 16.2. The Bertz CT molecular complexity index is 1180. The van der Waals surface area contributed by atoms with Gasteiger partial charge in [-0.2, -0.15) is 0 Å². The molecule has 1 amide bonds. The maximum Gasteiger partial charge on any atom is 0.222 e. The minimum Gasteiger partial charge on any atom is -0.361 e. The number of aryl methyl sites for hydroxylation is 1. The molecule has 0 bridgehead atoms. The predicted molar refractivity (Wildman–Crippen MR) is 125 cm³/mol. The van der Waals surface area contributed by atoms with Gasteiger partial charge in [0.2, 0.25) is 5.91 Å². The van der Waals surface area contributed by atoms with Crippen LogP contribution in [0.5, 0.6) is 0 Å². The van der Waals surface area contributed by atoms with Crippen LogP contribution in [0.25, 0.3) is 21.8 Å².